The highest BCUT2D eigenvalue weighted by molar-refractivity contribution is 5.89. The molecule has 2 aromatic carbocycles. The van der Waals surface area contributed by atoms with Gasteiger partial charge in [0.2, 0.25) is 11.8 Å². The summed E-state index contributed by atoms with van der Waals surface area (Å²) in [6, 6.07) is 10.4. The third-order valence-electron chi connectivity index (χ3n) is 5.85. The van der Waals surface area contributed by atoms with Gasteiger partial charge in [0.25, 0.3) is 0 Å². The average Bonchev–Trinajstić information content (AvgIpc) is 2.85. The Bertz CT molecular complexity index is 1110. The number of carboxylic acids is 1. The van der Waals surface area contributed by atoms with Crippen LogP contribution in [0.3, 0.4) is 0 Å². The van der Waals surface area contributed by atoms with Crippen LogP contribution in [0.2, 0.25) is 0 Å². The van der Waals surface area contributed by atoms with Crippen molar-refractivity contribution in [1.29, 1.82) is 0 Å². The lowest BCUT2D eigenvalue weighted by Crippen LogP contribution is -2.55. The van der Waals surface area contributed by atoms with Crippen molar-refractivity contribution in [3.63, 3.8) is 0 Å². The number of carboxylic acid groups (broad SMARTS) is 1. The highest BCUT2D eigenvalue weighted by Crippen LogP contribution is 2.28. The number of hydrogen-bond donors (Lipinski definition) is 4. The first kappa shape index (κ1) is 31.4. The summed E-state index contributed by atoms with van der Waals surface area (Å²) < 4.78 is 46.9. The fourth-order valence-electron chi connectivity index (χ4n) is 3.92. The van der Waals surface area contributed by atoms with E-state index in [2.05, 4.69) is 15.4 Å². The number of ether oxygens (including phenoxy) is 2. The Morgan fingerprint density at radius 3 is 2.26 bits per heavy atom. The minimum absolute atomic E-state index is 0.0953. The van der Waals surface area contributed by atoms with E-state index < -0.39 is 60.4 Å². The molecule has 0 aliphatic heterocycles. The van der Waals surface area contributed by atoms with Crippen LogP contribution in [0.15, 0.2) is 48.5 Å². The molecule has 0 saturated heterocycles. The molecule has 0 aromatic heterocycles. The van der Waals surface area contributed by atoms with Crippen LogP contribution in [0.25, 0.3) is 0 Å². The predicted octanol–water partition coefficient (Wildman–Crippen LogP) is 3.23. The summed E-state index contributed by atoms with van der Waals surface area (Å²) in [7, 11) is 1.30. The van der Waals surface area contributed by atoms with Crippen LogP contribution in [0.1, 0.15) is 37.8 Å². The van der Waals surface area contributed by atoms with Crippen molar-refractivity contribution in [2.45, 2.75) is 64.1 Å². The first-order chi connectivity index (χ1) is 18.3. The molecule has 0 fully saturated rings. The summed E-state index contributed by atoms with van der Waals surface area (Å²) in [5, 5.41) is 25.0. The van der Waals surface area contributed by atoms with E-state index in [1.54, 1.807) is 38.1 Å². The fourth-order valence-corrected chi connectivity index (χ4v) is 3.92. The van der Waals surface area contributed by atoms with Gasteiger partial charge in [-0.1, -0.05) is 44.2 Å². The average molecular weight is 555 g/mol. The monoisotopic (exact) mass is 554 g/mol. The lowest BCUT2D eigenvalue weighted by molar-refractivity contribution is -0.274. The van der Waals surface area contributed by atoms with E-state index in [0.29, 0.717) is 0 Å². The van der Waals surface area contributed by atoms with Gasteiger partial charge in [-0.15, -0.1) is 13.2 Å². The number of nitrogens with one attached hydrogen (secondary N) is 2. The van der Waals surface area contributed by atoms with Gasteiger partial charge in [-0.25, -0.2) is 0 Å². The number of benzene rings is 2. The molecule has 3 atom stereocenters. The van der Waals surface area contributed by atoms with Gasteiger partial charge in [-0.2, -0.15) is 0 Å². The number of methoxy groups -OCH3 is 1. The number of aliphatic hydroxyl groups is 1. The maximum absolute atomic E-state index is 13.2. The summed E-state index contributed by atoms with van der Waals surface area (Å²) in [4.78, 5) is 37.1. The number of amides is 2. The molecule has 12 heteroatoms. The molecule has 39 heavy (non-hydrogen) atoms. The van der Waals surface area contributed by atoms with Crippen LogP contribution in [-0.2, 0) is 27.2 Å². The molecule has 0 spiro atoms. The lowest BCUT2D eigenvalue weighted by Gasteiger charge is -2.28. The first-order valence-electron chi connectivity index (χ1n) is 12.2. The standard InChI is InChI=1S/C27H33F3N2O7/c1-16(2)25(32-23(34)15-18-14-19(39-27(28,29)30)9-11-22(18)38-3)26(37)31-20(21(33)10-12-24(35)36)13-17-7-5-4-6-8-17/h4-9,11,14,16,20-21,25,33H,10,12-13,15H2,1-3H3,(H,31,37)(H,32,34)(H,35,36)/t20-,21-,25?/m0/s1. The molecule has 0 saturated carbocycles. The summed E-state index contributed by atoms with van der Waals surface area (Å²) in [5.41, 5.74) is 0.918. The molecule has 214 valence electrons. The molecule has 0 bridgehead atoms. The number of halogens is 3. The third-order valence-corrected chi connectivity index (χ3v) is 5.85. The van der Waals surface area contributed by atoms with Crippen molar-refractivity contribution in [2.75, 3.05) is 7.11 Å². The van der Waals surface area contributed by atoms with Crippen LogP contribution in [-0.4, -0.2) is 59.7 Å². The van der Waals surface area contributed by atoms with E-state index in [9.17, 15) is 32.7 Å². The Kier molecular flexibility index (Phi) is 11.6. The second kappa shape index (κ2) is 14.4. The maximum atomic E-state index is 13.2. The fraction of sp³-hybridized carbons (Fsp3) is 0.444. The highest BCUT2D eigenvalue weighted by Gasteiger charge is 2.32. The zero-order chi connectivity index (χ0) is 29.2. The lowest BCUT2D eigenvalue weighted by atomic mass is 9.96. The van der Waals surface area contributed by atoms with Crippen molar-refractivity contribution in [3.05, 3.63) is 59.7 Å². The first-order valence-corrected chi connectivity index (χ1v) is 12.2. The van der Waals surface area contributed by atoms with Gasteiger partial charge in [0.1, 0.15) is 17.5 Å². The van der Waals surface area contributed by atoms with Crippen molar-refractivity contribution in [1.82, 2.24) is 10.6 Å². The summed E-state index contributed by atoms with van der Waals surface area (Å²) >= 11 is 0. The van der Waals surface area contributed by atoms with Crippen molar-refractivity contribution >= 4 is 17.8 Å². The van der Waals surface area contributed by atoms with E-state index in [4.69, 9.17) is 9.84 Å². The summed E-state index contributed by atoms with van der Waals surface area (Å²) in [6.45, 7) is 3.38. The minimum atomic E-state index is -4.92. The van der Waals surface area contributed by atoms with Crippen molar-refractivity contribution in [2.24, 2.45) is 5.92 Å². The summed E-state index contributed by atoms with van der Waals surface area (Å²) in [6.07, 6.45) is -6.67. The van der Waals surface area contributed by atoms with Crippen LogP contribution in [0.4, 0.5) is 13.2 Å². The zero-order valence-electron chi connectivity index (χ0n) is 21.8. The molecule has 1 unspecified atom stereocenters. The Labute approximate surface area is 224 Å². The van der Waals surface area contributed by atoms with Crippen LogP contribution in [0, 0.1) is 5.92 Å². The number of alkyl halides is 3. The molecular weight excluding hydrogens is 521 g/mol. The molecule has 4 N–H and O–H groups in total. The number of aliphatic hydroxyl groups excluding tert-OH is 1. The highest BCUT2D eigenvalue weighted by atomic mass is 19.4. The minimum Gasteiger partial charge on any atom is -0.496 e. The van der Waals surface area contributed by atoms with Gasteiger partial charge in [-0.3, -0.25) is 14.4 Å². The van der Waals surface area contributed by atoms with Gasteiger partial charge in [0, 0.05) is 12.0 Å². The largest absolute Gasteiger partial charge is 0.573 e. The Hall–Kier alpha value is -3.80. The molecule has 0 aliphatic rings. The zero-order valence-corrected chi connectivity index (χ0v) is 21.8. The summed E-state index contributed by atoms with van der Waals surface area (Å²) in [5.74, 6) is -3.11. The molecule has 2 amide bonds. The molecule has 2 rings (SSSR count). The van der Waals surface area contributed by atoms with Gasteiger partial charge >= 0.3 is 12.3 Å². The number of rotatable bonds is 14. The number of hydrogen-bond acceptors (Lipinski definition) is 6. The third kappa shape index (κ3) is 10.8. The van der Waals surface area contributed by atoms with Crippen molar-refractivity contribution in [3.8, 4) is 11.5 Å². The van der Waals surface area contributed by atoms with E-state index in [1.807, 2.05) is 6.07 Å². The molecule has 2 aromatic rings. The van der Waals surface area contributed by atoms with Crippen molar-refractivity contribution < 1.29 is 47.2 Å². The maximum Gasteiger partial charge on any atom is 0.573 e. The topological polar surface area (TPSA) is 134 Å². The SMILES string of the molecule is COc1ccc(OC(F)(F)F)cc1CC(=O)NC(C(=O)N[C@@H](Cc1ccccc1)[C@@H](O)CCC(=O)O)C(C)C. The smallest absolute Gasteiger partial charge is 0.496 e. The molecular formula is C27H33F3N2O7. The van der Waals surface area contributed by atoms with Gasteiger partial charge in [0.15, 0.2) is 0 Å². The van der Waals surface area contributed by atoms with E-state index in [0.717, 1.165) is 17.7 Å². The Morgan fingerprint density at radius 1 is 1.03 bits per heavy atom. The quantitative estimate of drug-likeness (QED) is 0.282. The molecule has 9 nitrogen and oxygen atoms in total. The number of carbonyl (C=O) groups excluding carboxylic acids is 2. The molecule has 0 radical (unpaired) electrons. The van der Waals surface area contributed by atoms with E-state index >= 15 is 0 Å². The number of aliphatic carboxylic acids is 1. The van der Waals surface area contributed by atoms with Crippen LogP contribution < -0.4 is 20.1 Å². The molecule has 0 aliphatic carbocycles. The van der Waals surface area contributed by atoms with Gasteiger partial charge < -0.3 is 30.3 Å². The second-order valence-corrected chi connectivity index (χ2v) is 9.29. The van der Waals surface area contributed by atoms with Gasteiger partial charge in [0.05, 0.1) is 25.7 Å². The van der Waals surface area contributed by atoms with E-state index in [1.165, 1.54) is 13.2 Å². The normalized spacial score (nSPS) is 13.7. The van der Waals surface area contributed by atoms with E-state index in [-0.39, 0.29) is 30.6 Å². The number of carbonyl (C=O) groups is 3. The van der Waals surface area contributed by atoms with Crippen LogP contribution in [0.5, 0.6) is 11.5 Å². The molecule has 0 heterocycles. The van der Waals surface area contributed by atoms with Crippen LogP contribution >= 0.6 is 0 Å². The second-order valence-electron chi connectivity index (χ2n) is 9.29. The Morgan fingerprint density at radius 2 is 1.69 bits per heavy atom. The Balaban J connectivity index is 2.17. The van der Waals surface area contributed by atoms with Gasteiger partial charge in [-0.05, 0) is 42.5 Å². The predicted molar refractivity (Wildman–Crippen MR) is 135 cm³/mol.